The van der Waals surface area contributed by atoms with E-state index in [0.29, 0.717) is 28.1 Å². The molecule has 1 aromatic heterocycles. The highest BCUT2D eigenvalue weighted by Gasteiger charge is 2.19. The molecule has 0 amide bonds. The van der Waals surface area contributed by atoms with Crippen molar-refractivity contribution in [3.05, 3.63) is 65.5 Å². The van der Waals surface area contributed by atoms with Gasteiger partial charge in [0.15, 0.2) is 11.5 Å². The number of aryl methyl sites for hydroxylation is 1. The molecule has 20 heavy (non-hydrogen) atoms. The fraction of sp³-hybridized carbons (Fsp3) is 0.0625. The van der Waals surface area contributed by atoms with Gasteiger partial charge in [0.05, 0.1) is 0 Å². The van der Waals surface area contributed by atoms with Gasteiger partial charge in [-0.3, -0.25) is 9.59 Å². The maximum atomic E-state index is 12.2. The number of benzene rings is 2. The first kappa shape index (κ1) is 12.3. The first-order valence-corrected chi connectivity index (χ1v) is 6.16. The van der Waals surface area contributed by atoms with E-state index in [9.17, 15) is 9.59 Å². The van der Waals surface area contributed by atoms with E-state index in [1.54, 1.807) is 55.5 Å². The summed E-state index contributed by atoms with van der Waals surface area (Å²) in [5, 5.41) is 0. The van der Waals surface area contributed by atoms with Crippen LogP contribution in [0.25, 0.3) is 11.1 Å². The van der Waals surface area contributed by atoms with Gasteiger partial charge in [-0.25, -0.2) is 4.98 Å². The molecular weight excluding hydrogens is 254 g/mol. The predicted octanol–water partition coefficient (Wildman–Crippen LogP) is 3.20. The third-order valence-electron chi connectivity index (χ3n) is 3.00. The van der Waals surface area contributed by atoms with Gasteiger partial charge in [-0.1, -0.05) is 30.3 Å². The van der Waals surface area contributed by atoms with E-state index in [1.807, 2.05) is 0 Å². The molecular formula is C16H11NO3. The number of aromatic nitrogens is 1. The highest BCUT2D eigenvalue weighted by Crippen LogP contribution is 2.18. The summed E-state index contributed by atoms with van der Waals surface area (Å²) in [4.78, 5) is 28.4. The van der Waals surface area contributed by atoms with Crippen molar-refractivity contribution < 1.29 is 14.0 Å². The Balaban J connectivity index is 1.98. The van der Waals surface area contributed by atoms with Gasteiger partial charge in [-0.05, 0) is 18.2 Å². The summed E-state index contributed by atoms with van der Waals surface area (Å²) < 4.78 is 5.37. The standard InChI is InChI=1S/C16H11NO3/c1-10-17-13-8-7-12(9-14(13)20-10)16(19)15(18)11-5-3-2-4-6-11/h2-9H,1H3. The van der Waals surface area contributed by atoms with Crippen LogP contribution in [0.4, 0.5) is 0 Å². The molecule has 0 saturated carbocycles. The molecule has 4 heteroatoms. The molecule has 1 heterocycles. The summed E-state index contributed by atoms with van der Waals surface area (Å²) in [5.74, 6) is -0.549. The molecule has 4 nitrogen and oxygen atoms in total. The lowest BCUT2D eigenvalue weighted by atomic mass is 10.0. The minimum absolute atomic E-state index is 0.308. The van der Waals surface area contributed by atoms with Gasteiger partial charge in [0.2, 0.25) is 11.6 Å². The van der Waals surface area contributed by atoms with E-state index in [1.165, 1.54) is 0 Å². The number of carbonyl (C=O) groups excluding carboxylic acids is 2. The Labute approximate surface area is 115 Å². The van der Waals surface area contributed by atoms with Crippen molar-refractivity contribution in [2.45, 2.75) is 6.92 Å². The van der Waals surface area contributed by atoms with Gasteiger partial charge in [0.25, 0.3) is 0 Å². The molecule has 3 rings (SSSR count). The Kier molecular flexibility index (Phi) is 2.91. The molecule has 0 atom stereocenters. The average molecular weight is 265 g/mol. The van der Waals surface area contributed by atoms with Crippen molar-refractivity contribution in [1.29, 1.82) is 0 Å². The number of fused-ring (bicyclic) bond motifs is 1. The van der Waals surface area contributed by atoms with Crippen LogP contribution >= 0.6 is 0 Å². The van der Waals surface area contributed by atoms with Crippen molar-refractivity contribution >= 4 is 22.7 Å². The smallest absolute Gasteiger partial charge is 0.233 e. The zero-order chi connectivity index (χ0) is 14.1. The van der Waals surface area contributed by atoms with Crippen LogP contribution < -0.4 is 0 Å². The second kappa shape index (κ2) is 4.74. The molecule has 0 unspecified atom stereocenters. The van der Waals surface area contributed by atoms with Crippen LogP contribution in [0.5, 0.6) is 0 Å². The number of carbonyl (C=O) groups is 2. The van der Waals surface area contributed by atoms with E-state index in [-0.39, 0.29) is 0 Å². The van der Waals surface area contributed by atoms with Crippen LogP contribution in [0.3, 0.4) is 0 Å². The molecule has 2 aromatic carbocycles. The normalized spacial score (nSPS) is 10.7. The monoisotopic (exact) mass is 265 g/mol. The van der Waals surface area contributed by atoms with Crippen LogP contribution in [0.2, 0.25) is 0 Å². The summed E-state index contributed by atoms with van der Waals surface area (Å²) in [5.41, 5.74) is 1.87. The maximum Gasteiger partial charge on any atom is 0.233 e. The lowest BCUT2D eigenvalue weighted by Crippen LogP contribution is -2.14. The van der Waals surface area contributed by atoms with Gasteiger partial charge in [0.1, 0.15) is 5.52 Å². The number of oxazole rings is 1. The quantitative estimate of drug-likeness (QED) is 0.539. The van der Waals surface area contributed by atoms with E-state index >= 15 is 0 Å². The average Bonchev–Trinajstić information content (AvgIpc) is 2.85. The van der Waals surface area contributed by atoms with Crippen LogP contribution in [0, 0.1) is 6.92 Å². The number of hydrogen-bond acceptors (Lipinski definition) is 4. The van der Waals surface area contributed by atoms with E-state index in [2.05, 4.69) is 4.98 Å². The van der Waals surface area contributed by atoms with Gasteiger partial charge < -0.3 is 4.42 Å². The molecule has 0 N–H and O–H groups in total. The summed E-state index contributed by atoms with van der Waals surface area (Å²) >= 11 is 0. The number of ketones is 2. The molecule has 0 fully saturated rings. The van der Waals surface area contributed by atoms with Crippen molar-refractivity contribution in [3.8, 4) is 0 Å². The van der Waals surface area contributed by atoms with E-state index < -0.39 is 11.6 Å². The second-order valence-corrected chi connectivity index (χ2v) is 4.44. The number of Topliss-reactive ketones (excluding diaryl/α,β-unsaturated/α-hetero) is 2. The first-order chi connectivity index (χ1) is 9.65. The molecule has 0 bridgehead atoms. The Morgan fingerprint density at radius 1 is 0.950 bits per heavy atom. The SMILES string of the molecule is Cc1nc2ccc(C(=O)C(=O)c3ccccc3)cc2o1. The Morgan fingerprint density at radius 2 is 1.65 bits per heavy atom. The summed E-state index contributed by atoms with van der Waals surface area (Å²) in [6.45, 7) is 1.73. The molecule has 0 spiro atoms. The largest absolute Gasteiger partial charge is 0.441 e. The van der Waals surface area contributed by atoms with Gasteiger partial charge in [-0.15, -0.1) is 0 Å². The molecule has 3 aromatic rings. The summed E-state index contributed by atoms with van der Waals surface area (Å²) in [7, 11) is 0. The highest BCUT2D eigenvalue weighted by atomic mass is 16.3. The molecule has 0 aliphatic carbocycles. The molecule has 0 radical (unpaired) electrons. The van der Waals surface area contributed by atoms with Crippen LogP contribution in [0.15, 0.2) is 52.9 Å². The summed E-state index contributed by atoms with van der Waals surface area (Å²) in [6, 6.07) is 13.3. The topological polar surface area (TPSA) is 60.2 Å². The zero-order valence-corrected chi connectivity index (χ0v) is 10.8. The number of nitrogens with zero attached hydrogens (tertiary/aromatic N) is 1. The third kappa shape index (κ3) is 2.12. The highest BCUT2D eigenvalue weighted by molar-refractivity contribution is 6.49. The second-order valence-electron chi connectivity index (χ2n) is 4.44. The molecule has 0 aliphatic rings. The van der Waals surface area contributed by atoms with Gasteiger partial charge in [0, 0.05) is 18.1 Å². The van der Waals surface area contributed by atoms with Gasteiger partial charge in [-0.2, -0.15) is 0 Å². The minimum Gasteiger partial charge on any atom is -0.441 e. The Hall–Kier alpha value is -2.75. The van der Waals surface area contributed by atoms with Gasteiger partial charge >= 0.3 is 0 Å². The molecule has 98 valence electrons. The lowest BCUT2D eigenvalue weighted by molar-refractivity contribution is 0.0817. The maximum absolute atomic E-state index is 12.2. The first-order valence-electron chi connectivity index (χ1n) is 6.16. The number of hydrogen-bond donors (Lipinski definition) is 0. The van der Waals surface area contributed by atoms with E-state index in [4.69, 9.17) is 4.42 Å². The Morgan fingerprint density at radius 3 is 2.40 bits per heavy atom. The van der Waals surface area contributed by atoms with Crippen molar-refractivity contribution in [3.63, 3.8) is 0 Å². The van der Waals surface area contributed by atoms with Crippen molar-refractivity contribution in [2.24, 2.45) is 0 Å². The fourth-order valence-corrected chi connectivity index (χ4v) is 2.03. The van der Waals surface area contributed by atoms with Crippen molar-refractivity contribution in [2.75, 3.05) is 0 Å². The predicted molar refractivity (Wildman–Crippen MR) is 73.8 cm³/mol. The minimum atomic E-state index is -0.549. The van der Waals surface area contributed by atoms with E-state index in [0.717, 1.165) is 0 Å². The van der Waals surface area contributed by atoms with Crippen LogP contribution in [-0.2, 0) is 0 Å². The third-order valence-corrected chi connectivity index (χ3v) is 3.00. The Bertz CT molecular complexity index is 803. The van der Waals surface area contributed by atoms with Crippen LogP contribution in [0.1, 0.15) is 26.6 Å². The fourth-order valence-electron chi connectivity index (χ4n) is 2.03. The molecule has 0 saturated heterocycles. The lowest BCUT2D eigenvalue weighted by Gasteiger charge is -2.00. The van der Waals surface area contributed by atoms with Crippen molar-refractivity contribution in [1.82, 2.24) is 4.98 Å². The zero-order valence-electron chi connectivity index (χ0n) is 10.8. The van der Waals surface area contributed by atoms with Crippen LogP contribution in [-0.4, -0.2) is 16.6 Å². The molecule has 0 aliphatic heterocycles. The summed E-state index contributed by atoms with van der Waals surface area (Å²) in [6.07, 6.45) is 0. The number of rotatable bonds is 3.